The molecule has 0 aromatic heterocycles. The largest absolute Gasteiger partial charge is 0.323 e. The first-order valence-corrected chi connectivity index (χ1v) is 4.83. The van der Waals surface area contributed by atoms with E-state index in [0.717, 1.165) is 39.0 Å². The lowest BCUT2D eigenvalue weighted by Crippen LogP contribution is -2.32. The molecule has 1 saturated heterocycles. The average Bonchev–Trinajstić information content (AvgIpc) is 2.38. The smallest absolute Gasteiger partial charge is 0.320 e. The molecule has 0 aromatic carbocycles. The van der Waals surface area contributed by atoms with Crippen LogP contribution in [0.3, 0.4) is 0 Å². The van der Waals surface area contributed by atoms with Crippen molar-refractivity contribution in [1.82, 2.24) is 9.80 Å². The summed E-state index contributed by atoms with van der Waals surface area (Å²) in [5.41, 5.74) is 0. The van der Waals surface area contributed by atoms with E-state index in [4.69, 9.17) is 0 Å². The maximum absolute atomic E-state index is 11.5. The summed E-state index contributed by atoms with van der Waals surface area (Å²) < 4.78 is 0. The predicted molar refractivity (Wildman–Crippen MR) is 49.1 cm³/mol. The van der Waals surface area contributed by atoms with E-state index in [1.54, 1.807) is 0 Å². The van der Waals surface area contributed by atoms with Crippen molar-refractivity contribution < 1.29 is 4.79 Å². The van der Waals surface area contributed by atoms with Gasteiger partial charge in [-0.25, -0.2) is 4.79 Å². The summed E-state index contributed by atoms with van der Waals surface area (Å²) in [4.78, 5) is 15.4. The van der Waals surface area contributed by atoms with Crippen LogP contribution in [0.4, 0.5) is 4.79 Å². The molecule has 0 unspecified atom stereocenters. The van der Waals surface area contributed by atoms with E-state index in [0.29, 0.717) is 0 Å². The fraction of sp³-hybridized carbons (Fsp3) is 0.889. The lowest BCUT2D eigenvalue weighted by Gasteiger charge is -2.16. The van der Waals surface area contributed by atoms with Crippen LogP contribution in [-0.4, -0.2) is 42.0 Å². The minimum Gasteiger partial charge on any atom is -0.323 e. The van der Waals surface area contributed by atoms with E-state index in [9.17, 15) is 4.79 Å². The maximum Gasteiger partial charge on any atom is 0.320 e. The normalized spacial score (nSPS) is 17.7. The third kappa shape index (κ3) is 1.90. The van der Waals surface area contributed by atoms with Gasteiger partial charge in [0.25, 0.3) is 0 Å². The zero-order valence-electron chi connectivity index (χ0n) is 8.05. The van der Waals surface area contributed by atoms with Crippen molar-refractivity contribution >= 4 is 6.03 Å². The van der Waals surface area contributed by atoms with Crippen LogP contribution in [0, 0.1) is 0 Å². The number of urea groups is 1. The highest BCUT2D eigenvalue weighted by atomic mass is 16.2. The van der Waals surface area contributed by atoms with E-state index < -0.39 is 0 Å². The van der Waals surface area contributed by atoms with E-state index in [-0.39, 0.29) is 6.03 Å². The van der Waals surface area contributed by atoms with E-state index in [2.05, 4.69) is 13.8 Å². The Labute approximate surface area is 74.3 Å². The fourth-order valence-corrected chi connectivity index (χ4v) is 1.59. The van der Waals surface area contributed by atoms with Gasteiger partial charge in [-0.05, 0) is 12.8 Å². The molecule has 0 saturated carbocycles. The van der Waals surface area contributed by atoms with Crippen molar-refractivity contribution in [2.75, 3.05) is 26.2 Å². The molecular weight excluding hydrogens is 152 g/mol. The second kappa shape index (κ2) is 4.33. The summed E-state index contributed by atoms with van der Waals surface area (Å²) in [5, 5.41) is 0. The summed E-state index contributed by atoms with van der Waals surface area (Å²) in [6.45, 7) is 7.89. The first-order chi connectivity index (χ1) is 5.79. The molecule has 0 atom stereocenters. The molecule has 3 nitrogen and oxygen atoms in total. The quantitative estimate of drug-likeness (QED) is 0.628. The molecule has 1 heterocycles. The number of nitrogens with zero attached hydrogens (tertiary/aromatic N) is 2. The Kier molecular flexibility index (Phi) is 3.38. The van der Waals surface area contributed by atoms with Crippen LogP contribution in [-0.2, 0) is 0 Å². The SMILES string of the molecule is CCCN1CCN(CCC)C1=O. The predicted octanol–water partition coefficient (Wildman–Crippen LogP) is 1.54. The average molecular weight is 170 g/mol. The number of amides is 2. The zero-order valence-corrected chi connectivity index (χ0v) is 8.05. The fourth-order valence-electron chi connectivity index (χ4n) is 1.59. The van der Waals surface area contributed by atoms with Crippen molar-refractivity contribution in [3.63, 3.8) is 0 Å². The first kappa shape index (κ1) is 9.36. The molecule has 1 aliphatic heterocycles. The van der Waals surface area contributed by atoms with Gasteiger partial charge in [-0.2, -0.15) is 0 Å². The minimum atomic E-state index is 0.235. The van der Waals surface area contributed by atoms with Gasteiger partial charge in [0.15, 0.2) is 0 Å². The number of carbonyl (C=O) groups is 1. The molecule has 3 heteroatoms. The van der Waals surface area contributed by atoms with Crippen LogP contribution < -0.4 is 0 Å². The highest BCUT2D eigenvalue weighted by Gasteiger charge is 2.26. The van der Waals surface area contributed by atoms with E-state index in [1.165, 1.54) is 0 Å². The number of hydrogen-bond acceptors (Lipinski definition) is 1. The molecule has 0 spiro atoms. The topological polar surface area (TPSA) is 23.6 Å². The molecule has 70 valence electrons. The molecule has 0 N–H and O–H groups in total. The monoisotopic (exact) mass is 170 g/mol. The summed E-state index contributed by atoms with van der Waals surface area (Å²) in [6, 6.07) is 0.235. The third-order valence-corrected chi connectivity index (χ3v) is 2.17. The lowest BCUT2D eigenvalue weighted by atomic mass is 10.4. The zero-order chi connectivity index (χ0) is 8.97. The molecule has 0 aliphatic carbocycles. The highest BCUT2D eigenvalue weighted by Crippen LogP contribution is 2.08. The molecule has 1 fully saturated rings. The lowest BCUT2D eigenvalue weighted by molar-refractivity contribution is 0.192. The Balaban J connectivity index is 2.38. The minimum absolute atomic E-state index is 0.235. The van der Waals surface area contributed by atoms with Gasteiger partial charge in [0.05, 0.1) is 0 Å². The third-order valence-electron chi connectivity index (χ3n) is 2.17. The second-order valence-electron chi connectivity index (χ2n) is 3.26. The van der Waals surface area contributed by atoms with Crippen LogP contribution in [0.5, 0.6) is 0 Å². The Bertz CT molecular complexity index is 143. The van der Waals surface area contributed by atoms with Gasteiger partial charge in [0.2, 0.25) is 0 Å². The highest BCUT2D eigenvalue weighted by molar-refractivity contribution is 5.76. The molecule has 2 amide bonds. The van der Waals surface area contributed by atoms with Gasteiger partial charge in [-0.1, -0.05) is 13.8 Å². The van der Waals surface area contributed by atoms with Crippen molar-refractivity contribution in [2.45, 2.75) is 26.7 Å². The van der Waals surface area contributed by atoms with Crippen LogP contribution in [0.15, 0.2) is 0 Å². The second-order valence-corrected chi connectivity index (χ2v) is 3.26. The molecule has 1 aliphatic rings. The standard InChI is InChI=1S/C9H18N2O/c1-3-5-10-7-8-11(6-4-2)9(10)12/h3-8H2,1-2H3. The van der Waals surface area contributed by atoms with Crippen LogP contribution in [0.1, 0.15) is 26.7 Å². The van der Waals surface area contributed by atoms with Gasteiger partial charge < -0.3 is 9.80 Å². The summed E-state index contributed by atoms with van der Waals surface area (Å²) in [6.07, 6.45) is 2.12. The number of carbonyl (C=O) groups excluding carboxylic acids is 1. The summed E-state index contributed by atoms with van der Waals surface area (Å²) in [7, 11) is 0. The van der Waals surface area contributed by atoms with Crippen molar-refractivity contribution in [3.8, 4) is 0 Å². The van der Waals surface area contributed by atoms with Crippen molar-refractivity contribution in [1.29, 1.82) is 0 Å². The van der Waals surface area contributed by atoms with Gasteiger partial charge in [0.1, 0.15) is 0 Å². The Hall–Kier alpha value is -0.730. The molecule has 0 radical (unpaired) electrons. The molecule has 0 bridgehead atoms. The number of hydrogen-bond donors (Lipinski definition) is 0. The van der Waals surface area contributed by atoms with Crippen molar-refractivity contribution in [3.05, 3.63) is 0 Å². The molecular formula is C9H18N2O. The molecule has 12 heavy (non-hydrogen) atoms. The van der Waals surface area contributed by atoms with Gasteiger partial charge in [0, 0.05) is 26.2 Å². The van der Waals surface area contributed by atoms with E-state index >= 15 is 0 Å². The summed E-state index contributed by atoms with van der Waals surface area (Å²) in [5.74, 6) is 0. The molecule has 1 rings (SSSR count). The maximum atomic E-state index is 11.5. The molecule has 0 aromatic rings. The van der Waals surface area contributed by atoms with Gasteiger partial charge in [-0.3, -0.25) is 0 Å². The Morgan fingerprint density at radius 2 is 1.50 bits per heavy atom. The first-order valence-electron chi connectivity index (χ1n) is 4.83. The Morgan fingerprint density at radius 3 is 1.83 bits per heavy atom. The van der Waals surface area contributed by atoms with Gasteiger partial charge in [-0.15, -0.1) is 0 Å². The van der Waals surface area contributed by atoms with E-state index in [1.807, 2.05) is 9.80 Å². The van der Waals surface area contributed by atoms with Crippen LogP contribution in [0.2, 0.25) is 0 Å². The summed E-state index contributed by atoms with van der Waals surface area (Å²) >= 11 is 0. The van der Waals surface area contributed by atoms with Crippen molar-refractivity contribution in [2.24, 2.45) is 0 Å². The van der Waals surface area contributed by atoms with Crippen LogP contribution in [0.25, 0.3) is 0 Å². The Morgan fingerprint density at radius 1 is 1.08 bits per heavy atom. The van der Waals surface area contributed by atoms with Crippen LogP contribution >= 0.6 is 0 Å². The number of rotatable bonds is 4. The van der Waals surface area contributed by atoms with Gasteiger partial charge >= 0.3 is 6.03 Å².